The molecule has 0 aromatic carbocycles. The molecule has 0 fully saturated rings. The Morgan fingerprint density at radius 2 is 1.82 bits per heavy atom. The van der Waals surface area contributed by atoms with Crippen molar-refractivity contribution < 1.29 is 23.9 Å². The summed E-state index contributed by atoms with van der Waals surface area (Å²) in [5, 5.41) is 9.36. The Labute approximate surface area is 105 Å². The predicted molar refractivity (Wildman–Crippen MR) is 65.5 cm³/mol. The molecule has 0 aromatic heterocycles. The van der Waals surface area contributed by atoms with Crippen LogP contribution in [0.1, 0.15) is 20.3 Å². The summed E-state index contributed by atoms with van der Waals surface area (Å²) in [4.78, 5) is 9.36. The van der Waals surface area contributed by atoms with Gasteiger partial charge in [0.2, 0.25) is 0 Å². The summed E-state index contributed by atoms with van der Waals surface area (Å²) in [5.74, 6) is -1.18. The predicted octanol–water partition coefficient (Wildman–Crippen LogP) is -0.108. The molecule has 0 N–H and O–H groups in total. The molecule has 0 radical (unpaired) electrons. The van der Waals surface area contributed by atoms with Crippen LogP contribution in [0.2, 0.25) is 0 Å². The highest BCUT2D eigenvalue weighted by molar-refractivity contribution is 5.65. The highest BCUT2D eigenvalue weighted by atomic mass is 16.5. The maximum atomic E-state index is 9.36. The zero-order chi connectivity index (χ0) is 13.7. The Balaban J connectivity index is 0. The number of methoxy groups -OCH3 is 1. The topological polar surface area (TPSA) is 58.6 Å². The molecule has 0 aromatic rings. The molecule has 0 aliphatic rings. The van der Waals surface area contributed by atoms with E-state index in [1.165, 1.54) is 20.1 Å². The van der Waals surface area contributed by atoms with E-state index in [9.17, 15) is 9.90 Å². The van der Waals surface area contributed by atoms with Gasteiger partial charge in [0, 0.05) is 13.7 Å². The van der Waals surface area contributed by atoms with Crippen LogP contribution in [-0.4, -0.2) is 64.6 Å². The van der Waals surface area contributed by atoms with Crippen LogP contribution in [0.4, 0.5) is 0 Å². The fraction of sp³-hybridized carbons (Fsp3) is 0.917. The molecule has 5 nitrogen and oxygen atoms in total. The largest absolute Gasteiger partial charge is 0.548 e. The van der Waals surface area contributed by atoms with Crippen molar-refractivity contribution in [1.82, 2.24) is 0 Å². The van der Waals surface area contributed by atoms with Crippen molar-refractivity contribution >= 4 is 5.97 Å². The lowest BCUT2D eigenvalue weighted by Gasteiger charge is -2.28. The van der Waals surface area contributed by atoms with Gasteiger partial charge in [-0.15, -0.1) is 0 Å². The van der Waals surface area contributed by atoms with E-state index in [1.54, 1.807) is 0 Å². The van der Waals surface area contributed by atoms with Crippen LogP contribution in [-0.2, 0) is 14.3 Å². The number of rotatable bonds is 8. The number of carboxylic acid groups (broad SMARTS) is 1. The fourth-order valence-corrected chi connectivity index (χ4v) is 1.29. The average Bonchev–Trinajstić information content (AvgIpc) is 2.18. The summed E-state index contributed by atoms with van der Waals surface area (Å²) < 4.78 is 10.5. The quantitative estimate of drug-likeness (QED) is 0.445. The van der Waals surface area contributed by atoms with Crippen molar-refractivity contribution in [2.24, 2.45) is 0 Å². The lowest BCUT2D eigenvalue weighted by Crippen LogP contribution is -2.42. The van der Waals surface area contributed by atoms with Gasteiger partial charge in [-0.2, -0.15) is 0 Å². The number of aliphatic carboxylic acids is 1. The summed E-state index contributed by atoms with van der Waals surface area (Å²) >= 11 is 0. The van der Waals surface area contributed by atoms with E-state index < -0.39 is 5.97 Å². The van der Waals surface area contributed by atoms with Crippen molar-refractivity contribution in [3.8, 4) is 0 Å². The number of nitrogens with zero attached hydrogens (tertiary/aromatic N) is 1. The number of hydrogen-bond acceptors (Lipinski definition) is 4. The number of carboxylic acids is 1. The lowest BCUT2D eigenvalue weighted by molar-refractivity contribution is -0.890. The first-order chi connectivity index (χ1) is 7.89. The van der Waals surface area contributed by atoms with E-state index in [0.29, 0.717) is 0 Å². The van der Waals surface area contributed by atoms with Crippen molar-refractivity contribution in [2.45, 2.75) is 20.3 Å². The van der Waals surface area contributed by atoms with Crippen LogP contribution in [0.15, 0.2) is 0 Å². The molecule has 0 atom stereocenters. The zero-order valence-electron chi connectivity index (χ0n) is 11.8. The maximum absolute atomic E-state index is 9.36. The molecule has 0 amide bonds. The smallest absolute Gasteiger partial charge is 0.102 e. The summed E-state index contributed by atoms with van der Waals surface area (Å²) in [6.07, 6.45) is 1.25. The number of quaternary nitrogens is 1. The van der Waals surface area contributed by atoms with Gasteiger partial charge in [-0.05, 0) is 13.3 Å². The molecule has 0 saturated carbocycles. The van der Waals surface area contributed by atoms with E-state index in [1.807, 2.05) is 6.92 Å². The summed E-state index contributed by atoms with van der Waals surface area (Å²) in [7, 11) is 5.81. The Morgan fingerprint density at radius 1 is 1.24 bits per heavy atom. The van der Waals surface area contributed by atoms with Crippen molar-refractivity contribution in [1.29, 1.82) is 0 Å². The molecular formula is C12H27NO4. The van der Waals surface area contributed by atoms with Gasteiger partial charge in [-0.1, -0.05) is 6.92 Å². The summed E-state index contributed by atoms with van der Waals surface area (Å²) in [6.45, 7) is 8.05. The van der Waals surface area contributed by atoms with Crippen molar-refractivity contribution in [3.05, 3.63) is 0 Å². The van der Waals surface area contributed by atoms with Gasteiger partial charge >= 0.3 is 0 Å². The van der Waals surface area contributed by atoms with Gasteiger partial charge in [-0.25, -0.2) is 0 Å². The Morgan fingerprint density at radius 3 is 2.12 bits per heavy atom. The lowest BCUT2D eigenvalue weighted by atomic mass is 10.4. The van der Waals surface area contributed by atoms with Crippen molar-refractivity contribution in [3.63, 3.8) is 0 Å². The van der Waals surface area contributed by atoms with Crippen LogP contribution in [0, 0.1) is 0 Å². The first kappa shape index (κ1) is 18.7. The minimum Gasteiger partial charge on any atom is -0.548 e. The normalized spacial score (nSPS) is 10.6. The van der Waals surface area contributed by atoms with Crippen LogP contribution in [0.3, 0.4) is 0 Å². The number of hydrogen-bond donors (Lipinski definition) is 0. The molecule has 0 unspecified atom stereocenters. The average molecular weight is 249 g/mol. The Hall–Kier alpha value is -0.650. The number of carbonyl (C=O) groups excluding carboxylic acids is 1. The van der Waals surface area contributed by atoms with Gasteiger partial charge in [0.25, 0.3) is 0 Å². The maximum Gasteiger partial charge on any atom is 0.102 e. The molecule has 5 heteroatoms. The molecule has 0 aliphatic heterocycles. The molecule has 17 heavy (non-hydrogen) atoms. The van der Waals surface area contributed by atoms with Gasteiger partial charge in [0.1, 0.15) is 6.54 Å². The fourth-order valence-electron chi connectivity index (χ4n) is 1.29. The molecular weight excluding hydrogens is 222 g/mol. The highest BCUT2D eigenvalue weighted by Gasteiger charge is 2.11. The molecule has 0 bridgehead atoms. The first-order valence-electron chi connectivity index (χ1n) is 5.98. The third-order valence-electron chi connectivity index (χ3n) is 2.14. The number of likely N-dealkylation sites (N-methyl/N-ethyl adjacent to an activating group) is 1. The van der Waals surface area contributed by atoms with Gasteiger partial charge in [-0.3, -0.25) is 0 Å². The molecule has 0 saturated heterocycles. The standard InChI is InChI=1S/C9H22NO.C3H6O3/c1-5-7-10(3,4)8-9-11-6-2;1-6-2-3(4)5/h5-9H2,1-4H3;2H2,1H3,(H,4,5)/q+1;/p-1. The van der Waals surface area contributed by atoms with E-state index in [-0.39, 0.29) is 6.61 Å². The molecule has 0 aliphatic carbocycles. The second-order valence-corrected chi connectivity index (χ2v) is 4.38. The summed E-state index contributed by atoms with van der Waals surface area (Å²) in [6, 6.07) is 0. The number of carbonyl (C=O) groups is 1. The molecule has 104 valence electrons. The van der Waals surface area contributed by atoms with Gasteiger partial charge in [0.15, 0.2) is 0 Å². The molecule has 0 heterocycles. The van der Waals surface area contributed by atoms with E-state index in [4.69, 9.17) is 4.74 Å². The van der Waals surface area contributed by atoms with Crippen LogP contribution < -0.4 is 5.11 Å². The minimum atomic E-state index is -1.18. The third kappa shape index (κ3) is 17.9. The van der Waals surface area contributed by atoms with Crippen LogP contribution in [0.5, 0.6) is 0 Å². The van der Waals surface area contributed by atoms with Crippen molar-refractivity contribution in [2.75, 3.05) is 54.1 Å². The minimum absolute atomic E-state index is 0.319. The van der Waals surface area contributed by atoms with E-state index in [0.717, 1.165) is 24.2 Å². The Kier molecular flexibility index (Phi) is 13.0. The van der Waals surface area contributed by atoms with Crippen LogP contribution >= 0.6 is 0 Å². The second-order valence-electron chi connectivity index (χ2n) is 4.38. The zero-order valence-corrected chi connectivity index (χ0v) is 11.8. The Bertz CT molecular complexity index is 183. The van der Waals surface area contributed by atoms with Crippen LogP contribution in [0.25, 0.3) is 0 Å². The monoisotopic (exact) mass is 249 g/mol. The van der Waals surface area contributed by atoms with Gasteiger partial charge < -0.3 is 23.9 Å². The van der Waals surface area contributed by atoms with E-state index in [2.05, 4.69) is 25.8 Å². The molecule has 0 rings (SSSR count). The highest BCUT2D eigenvalue weighted by Crippen LogP contribution is 1.98. The summed E-state index contributed by atoms with van der Waals surface area (Å²) in [5.41, 5.74) is 0. The SMILES string of the molecule is CCC[N+](C)(C)CCOCC.COCC(=O)[O-]. The van der Waals surface area contributed by atoms with E-state index >= 15 is 0 Å². The number of ether oxygens (including phenoxy) is 2. The first-order valence-corrected chi connectivity index (χ1v) is 5.98. The second kappa shape index (κ2) is 11.8. The van der Waals surface area contributed by atoms with Gasteiger partial charge in [0.05, 0.1) is 39.8 Å². The molecule has 0 spiro atoms. The third-order valence-corrected chi connectivity index (χ3v) is 2.14.